The first-order valence-electron chi connectivity index (χ1n) is 6.66. The molecule has 0 saturated heterocycles. The Morgan fingerprint density at radius 2 is 1.91 bits per heavy atom. The highest BCUT2D eigenvalue weighted by Gasteiger charge is 2.00. The van der Waals surface area contributed by atoms with Crippen LogP contribution in [-0.4, -0.2) is 19.2 Å². The van der Waals surface area contributed by atoms with Gasteiger partial charge >= 0.3 is 0 Å². The van der Waals surface area contributed by atoms with E-state index in [1.165, 1.54) is 0 Å². The molecule has 0 saturated carbocycles. The Labute approximate surface area is 128 Å². The SMILES string of the molecule is COc1ccc(C=Nc2ccc(NC(=O)CC#N)cc2)cc1. The standard InChI is InChI=1S/C17H15N3O2/c1-22-16-8-2-13(3-9-16)12-19-14-4-6-15(7-5-14)20-17(21)10-11-18/h2-9,12H,10H2,1H3,(H,20,21). The quantitative estimate of drug-likeness (QED) is 0.859. The van der Waals surface area contributed by atoms with Gasteiger partial charge in [-0.05, 0) is 54.1 Å². The van der Waals surface area contributed by atoms with Crippen LogP contribution in [0.1, 0.15) is 12.0 Å². The molecular weight excluding hydrogens is 278 g/mol. The van der Waals surface area contributed by atoms with E-state index in [-0.39, 0.29) is 12.3 Å². The molecule has 2 aromatic carbocycles. The fourth-order valence-corrected chi connectivity index (χ4v) is 1.75. The third-order valence-electron chi connectivity index (χ3n) is 2.87. The summed E-state index contributed by atoms with van der Waals surface area (Å²) in [6, 6.07) is 16.5. The number of aliphatic imine (C=N–C) groups is 1. The molecule has 0 spiro atoms. The van der Waals surface area contributed by atoms with Gasteiger partial charge in [0.05, 0.1) is 18.9 Å². The predicted octanol–water partition coefficient (Wildman–Crippen LogP) is 3.30. The number of anilines is 1. The van der Waals surface area contributed by atoms with Gasteiger partial charge in [-0.1, -0.05) is 0 Å². The first-order chi connectivity index (χ1) is 10.7. The summed E-state index contributed by atoms with van der Waals surface area (Å²) in [5, 5.41) is 11.1. The highest BCUT2D eigenvalue weighted by atomic mass is 16.5. The summed E-state index contributed by atoms with van der Waals surface area (Å²) in [7, 11) is 1.63. The highest BCUT2D eigenvalue weighted by Crippen LogP contribution is 2.17. The maximum atomic E-state index is 11.3. The average Bonchev–Trinajstić information content (AvgIpc) is 2.55. The van der Waals surface area contributed by atoms with Crippen LogP contribution in [-0.2, 0) is 4.79 Å². The van der Waals surface area contributed by atoms with Crippen molar-refractivity contribution in [2.75, 3.05) is 12.4 Å². The van der Waals surface area contributed by atoms with Crippen LogP contribution in [0.25, 0.3) is 0 Å². The van der Waals surface area contributed by atoms with Crippen LogP contribution in [0.4, 0.5) is 11.4 Å². The summed E-state index contributed by atoms with van der Waals surface area (Å²) < 4.78 is 5.10. The summed E-state index contributed by atoms with van der Waals surface area (Å²) in [5.41, 5.74) is 2.38. The van der Waals surface area contributed by atoms with Crippen LogP contribution in [0.5, 0.6) is 5.75 Å². The Kier molecular flexibility index (Phi) is 5.27. The van der Waals surface area contributed by atoms with E-state index in [1.807, 2.05) is 24.3 Å². The van der Waals surface area contributed by atoms with Gasteiger partial charge in [0.1, 0.15) is 12.2 Å². The molecule has 0 aliphatic rings. The Bertz CT molecular complexity index is 698. The third kappa shape index (κ3) is 4.46. The van der Waals surface area contributed by atoms with Crippen molar-refractivity contribution in [1.82, 2.24) is 0 Å². The Hall–Kier alpha value is -3.13. The van der Waals surface area contributed by atoms with Crippen molar-refractivity contribution in [3.05, 3.63) is 54.1 Å². The van der Waals surface area contributed by atoms with Crippen molar-refractivity contribution in [3.8, 4) is 11.8 Å². The van der Waals surface area contributed by atoms with Gasteiger partial charge in [0.25, 0.3) is 0 Å². The number of hydrogen-bond donors (Lipinski definition) is 1. The second kappa shape index (κ2) is 7.60. The minimum absolute atomic E-state index is 0.155. The van der Waals surface area contributed by atoms with Gasteiger partial charge in [0.2, 0.25) is 5.91 Å². The van der Waals surface area contributed by atoms with Crippen LogP contribution < -0.4 is 10.1 Å². The fourth-order valence-electron chi connectivity index (χ4n) is 1.75. The summed E-state index contributed by atoms with van der Waals surface area (Å²) in [4.78, 5) is 15.6. The molecule has 2 aromatic rings. The van der Waals surface area contributed by atoms with E-state index >= 15 is 0 Å². The molecule has 0 aromatic heterocycles. The molecule has 0 unspecified atom stereocenters. The topological polar surface area (TPSA) is 74.5 Å². The van der Waals surface area contributed by atoms with E-state index in [0.29, 0.717) is 5.69 Å². The lowest BCUT2D eigenvalue weighted by Crippen LogP contribution is -2.09. The summed E-state index contributed by atoms with van der Waals surface area (Å²) in [6.07, 6.45) is 1.60. The van der Waals surface area contributed by atoms with E-state index in [1.54, 1.807) is 43.7 Å². The Morgan fingerprint density at radius 1 is 1.23 bits per heavy atom. The van der Waals surface area contributed by atoms with Crippen molar-refractivity contribution < 1.29 is 9.53 Å². The number of nitrogens with zero attached hydrogens (tertiary/aromatic N) is 2. The summed E-state index contributed by atoms with van der Waals surface area (Å²) >= 11 is 0. The number of carbonyl (C=O) groups is 1. The van der Waals surface area contributed by atoms with E-state index in [0.717, 1.165) is 17.0 Å². The Morgan fingerprint density at radius 3 is 2.50 bits per heavy atom. The molecule has 0 fully saturated rings. The third-order valence-corrected chi connectivity index (χ3v) is 2.87. The minimum atomic E-state index is -0.322. The van der Waals surface area contributed by atoms with Gasteiger partial charge < -0.3 is 10.1 Å². The molecule has 0 aliphatic heterocycles. The lowest BCUT2D eigenvalue weighted by molar-refractivity contribution is -0.115. The van der Waals surface area contributed by atoms with Crippen molar-refractivity contribution >= 4 is 23.5 Å². The van der Waals surface area contributed by atoms with Crippen molar-refractivity contribution in [3.63, 3.8) is 0 Å². The number of methoxy groups -OCH3 is 1. The number of ether oxygens (including phenoxy) is 1. The molecule has 0 aliphatic carbocycles. The molecule has 0 atom stereocenters. The van der Waals surface area contributed by atoms with Gasteiger partial charge in [0, 0.05) is 11.9 Å². The average molecular weight is 293 g/mol. The van der Waals surface area contributed by atoms with Gasteiger partial charge in [-0.15, -0.1) is 0 Å². The monoisotopic (exact) mass is 293 g/mol. The maximum absolute atomic E-state index is 11.3. The lowest BCUT2D eigenvalue weighted by Gasteiger charge is -2.02. The van der Waals surface area contributed by atoms with Crippen LogP contribution in [0.2, 0.25) is 0 Å². The van der Waals surface area contributed by atoms with Crippen LogP contribution in [0.3, 0.4) is 0 Å². The first-order valence-corrected chi connectivity index (χ1v) is 6.66. The van der Waals surface area contributed by atoms with Crippen molar-refractivity contribution in [2.24, 2.45) is 4.99 Å². The molecule has 5 nitrogen and oxygen atoms in total. The summed E-state index contributed by atoms with van der Waals surface area (Å²) in [6.45, 7) is 0. The number of nitriles is 1. The molecule has 5 heteroatoms. The lowest BCUT2D eigenvalue weighted by atomic mass is 10.2. The molecule has 0 bridgehead atoms. The van der Waals surface area contributed by atoms with E-state index < -0.39 is 0 Å². The number of hydrogen-bond acceptors (Lipinski definition) is 4. The second-order valence-electron chi connectivity index (χ2n) is 4.46. The molecule has 0 heterocycles. The number of nitrogens with one attached hydrogen (secondary N) is 1. The minimum Gasteiger partial charge on any atom is -0.497 e. The number of rotatable bonds is 5. The van der Waals surface area contributed by atoms with Crippen LogP contribution in [0, 0.1) is 11.3 Å². The smallest absolute Gasteiger partial charge is 0.238 e. The van der Waals surface area contributed by atoms with Crippen molar-refractivity contribution in [1.29, 1.82) is 5.26 Å². The fraction of sp³-hybridized carbons (Fsp3) is 0.118. The molecular formula is C17H15N3O2. The number of benzene rings is 2. The number of amides is 1. The molecule has 110 valence electrons. The summed E-state index contributed by atoms with van der Waals surface area (Å²) in [5.74, 6) is 0.478. The largest absolute Gasteiger partial charge is 0.497 e. The molecule has 0 radical (unpaired) electrons. The van der Waals surface area contributed by atoms with E-state index in [4.69, 9.17) is 10.00 Å². The van der Waals surface area contributed by atoms with Crippen LogP contribution in [0.15, 0.2) is 53.5 Å². The number of carbonyl (C=O) groups excluding carboxylic acids is 1. The molecule has 22 heavy (non-hydrogen) atoms. The molecule has 2 rings (SSSR count). The van der Waals surface area contributed by atoms with E-state index in [9.17, 15) is 4.79 Å². The molecule has 1 amide bonds. The van der Waals surface area contributed by atoms with Gasteiger partial charge in [-0.2, -0.15) is 5.26 Å². The normalized spacial score (nSPS) is 10.2. The highest BCUT2D eigenvalue weighted by molar-refractivity contribution is 5.92. The second-order valence-corrected chi connectivity index (χ2v) is 4.46. The van der Waals surface area contributed by atoms with Gasteiger partial charge in [0.15, 0.2) is 0 Å². The molecule has 1 N–H and O–H groups in total. The zero-order valence-corrected chi connectivity index (χ0v) is 12.1. The Balaban J connectivity index is 1.99. The first kappa shape index (κ1) is 15.3. The van der Waals surface area contributed by atoms with Gasteiger partial charge in [-0.3, -0.25) is 9.79 Å². The maximum Gasteiger partial charge on any atom is 0.238 e. The zero-order chi connectivity index (χ0) is 15.8. The van der Waals surface area contributed by atoms with Crippen molar-refractivity contribution in [2.45, 2.75) is 6.42 Å². The van der Waals surface area contributed by atoms with Crippen LogP contribution >= 0.6 is 0 Å². The predicted molar refractivity (Wildman–Crippen MR) is 85.5 cm³/mol. The van der Waals surface area contributed by atoms with E-state index in [2.05, 4.69) is 10.3 Å². The van der Waals surface area contributed by atoms with Gasteiger partial charge in [-0.25, -0.2) is 0 Å². The zero-order valence-electron chi connectivity index (χ0n) is 12.1.